The first-order chi connectivity index (χ1) is 6.81. The first-order valence-corrected chi connectivity index (χ1v) is 5.77. The number of aromatic nitrogens is 1. The van der Waals surface area contributed by atoms with Crippen molar-refractivity contribution in [1.29, 1.82) is 0 Å². The highest BCUT2D eigenvalue weighted by atomic mass is 32.1. The number of thiazole rings is 1. The van der Waals surface area contributed by atoms with Crippen LogP contribution in [0.4, 0.5) is 0 Å². The van der Waals surface area contributed by atoms with Gasteiger partial charge in [-0.1, -0.05) is 6.92 Å². The molecule has 2 unspecified atom stereocenters. The van der Waals surface area contributed by atoms with Gasteiger partial charge in [-0.2, -0.15) is 0 Å². The van der Waals surface area contributed by atoms with Crippen LogP contribution >= 0.6 is 11.3 Å². The molecule has 1 fully saturated rings. The van der Waals surface area contributed by atoms with Crippen LogP contribution in [0.3, 0.4) is 0 Å². The molecule has 0 saturated carbocycles. The van der Waals surface area contributed by atoms with Gasteiger partial charge in [-0.15, -0.1) is 11.3 Å². The lowest BCUT2D eigenvalue weighted by atomic mass is 10.1. The van der Waals surface area contributed by atoms with E-state index in [-0.39, 0.29) is 12.5 Å². The average Bonchev–Trinajstić information content (AvgIpc) is 2.86. The predicted octanol–water partition coefficient (Wildman–Crippen LogP) is 1.74. The summed E-state index contributed by atoms with van der Waals surface area (Å²) in [7, 11) is 0. The van der Waals surface area contributed by atoms with Gasteiger partial charge in [0.2, 0.25) is 0 Å². The minimum Gasteiger partial charge on any atom is -0.396 e. The first-order valence-electron chi connectivity index (χ1n) is 4.95. The van der Waals surface area contributed by atoms with Crippen LogP contribution < -0.4 is 0 Å². The van der Waals surface area contributed by atoms with E-state index in [2.05, 4.69) is 4.98 Å². The van der Waals surface area contributed by atoms with Crippen LogP contribution in [-0.4, -0.2) is 29.9 Å². The standard InChI is InChI=1S/C10H15NO2S/c1-7(5-12)9-4-11-10(14-9)8-2-3-13-6-8/h4,7-8,12H,2-3,5-6H2,1H3. The molecule has 1 saturated heterocycles. The van der Waals surface area contributed by atoms with Crippen LogP contribution in [-0.2, 0) is 4.74 Å². The summed E-state index contributed by atoms with van der Waals surface area (Å²) in [5.41, 5.74) is 0. The fourth-order valence-electron chi connectivity index (χ4n) is 1.54. The normalized spacial score (nSPS) is 24.0. The van der Waals surface area contributed by atoms with Crippen LogP contribution in [0.5, 0.6) is 0 Å². The summed E-state index contributed by atoms with van der Waals surface area (Å²) in [6.07, 6.45) is 2.97. The molecule has 1 aliphatic rings. The molecule has 2 rings (SSSR count). The molecule has 4 heteroatoms. The Kier molecular flexibility index (Phi) is 3.15. The van der Waals surface area contributed by atoms with E-state index < -0.39 is 0 Å². The molecular formula is C10H15NO2S. The van der Waals surface area contributed by atoms with Gasteiger partial charge in [-0.25, -0.2) is 4.98 Å². The number of hydrogen-bond donors (Lipinski definition) is 1. The highest BCUT2D eigenvalue weighted by molar-refractivity contribution is 7.11. The van der Waals surface area contributed by atoms with Gasteiger partial charge in [0.25, 0.3) is 0 Å². The smallest absolute Gasteiger partial charge is 0.0982 e. The van der Waals surface area contributed by atoms with Crippen molar-refractivity contribution >= 4 is 11.3 Å². The topological polar surface area (TPSA) is 42.4 Å². The SMILES string of the molecule is CC(CO)c1cnc(C2CCOC2)s1. The Labute approximate surface area is 87.7 Å². The fourth-order valence-corrected chi connectivity index (χ4v) is 2.62. The second-order valence-electron chi connectivity index (χ2n) is 3.75. The van der Waals surface area contributed by atoms with Gasteiger partial charge in [0.05, 0.1) is 18.2 Å². The van der Waals surface area contributed by atoms with Crippen LogP contribution in [0, 0.1) is 0 Å². The largest absolute Gasteiger partial charge is 0.396 e. The zero-order valence-corrected chi connectivity index (χ0v) is 9.09. The van der Waals surface area contributed by atoms with E-state index in [1.807, 2.05) is 13.1 Å². The molecule has 0 aromatic carbocycles. The molecular weight excluding hydrogens is 198 g/mol. The van der Waals surface area contributed by atoms with E-state index >= 15 is 0 Å². The zero-order chi connectivity index (χ0) is 9.97. The van der Waals surface area contributed by atoms with Crippen LogP contribution in [0.15, 0.2) is 6.20 Å². The highest BCUT2D eigenvalue weighted by Crippen LogP contribution is 2.31. The monoisotopic (exact) mass is 213 g/mol. The van der Waals surface area contributed by atoms with Crippen molar-refractivity contribution in [2.75, 3.05) is 19.8 Å². The van der Waals surface area contributed by atoms with E-state index in [0.29, 0.717) is 5.92 Å². The van der Waals surface area contributed by atoms with Gasteiger partial charge in [0, 0.05) is 29.5 Å². The first kappa shape index (κ1) is 10.1. The molecule has 2 heterocycles. The molecule has 0 radical (unpaired) electrons. The van der Waals surface area contributed by atoms with E-state index in [4.69, 9.17) is 9.84 Å². The summed E-state index contributed by atoms with van der Waals surface area (Å²) >= 11 is 1.71. The van der Waals surface area contributed by atoms with Gasteiger partial charge < -0.3 is 9.84 Å². The molecule has 0 aliphatic carbocycles. The van der Waals surface area contributed by atoms with Crippen LogP contribution in [0.25, 0.3) is 0 Å². The van der Waals surface area contributed by atoms with E-state index in [1.54, 1.807) is 11.3 Å². The summed E-state index contributed by atoms with van der Waals surface area (Å²) in [5.74, 6) is 0.697. The number of ether oxygens (including phenoxy) is 1. The molecule has 78 valence electrons. The Balaban J connectivity index is 2.08. The quantitative estimate of drug-likeness (QED) is 0.831. The molecule has 2 atom stereocenters. The molecule has 1 aliphatic heterocycles. The van der Waals surface area contributed by atoms with Gasteiger partial charge in [0.15, 0.2) is 0 Å². The summed E-state index contributed by atoms with van der Waals surface area (Å²) < 4.78 is 5.32. The number of aliphatic hydroxyl groups excluding tert-OH is 1. The van der Waals surface area contributed by atoms with Gasteiger partial charge in [0.1, 0.15) is 0 Å². The number of nitrogens with zero attached hydrogens (tertiary/aromatic N) is 1. The van der Waals surface area contributed by atoms with Crippen LogP contribution in [0.2, 0.25) is 0 Å². The number of hydrogen-bond acceptors (Lipinski definition) is 4. The Morgan fingerprint density at radius 3 is 3.29 bits per heavy atom. The molecule has 3 nitrogen and oxygen atoms in total. The molecule has 1 N–H and O–H groups in total. The van der Waals surface area contributed by atoms with Crippen LogP contribution in [0.1, 0.15) is 35.1 Å². The lowest BCUT2D eigenvalue weighted by Crippen LogP contribution is -1.96. The van der Waals surface area contributed by atoms with E-state index in [0.717, 1.165) is 24.6 Å². The maximum absolute atomic E-state index is 9.02. The Morgan fingerprint density at radius 2 is 2.64 bits per heavy atom. The van der Waals surface area contributed by atoms with Crippen molar-refractivity contribution in [3.63, 3.8) is 0 Å². The minimum absolute atomic E-state index is 0.197. The van der Waals surface area contributed by atoms with Crippen molar-refractivity contribution in [3.05, 3.63) is 16.1 Å². The third-order valence-electron chi connectivity index (χ3n) is 2.58. The molecule has 0 spiro atoms. The Morgan fingerprint density at radius 1 is 1.79 bits per heavy atom. The molecule has 0 amide bonds. The summed E-state index contributed by atoms with van der Waals surface area (Å²) in [6, 6.07) is 0. The molecule has 1 aromatic rings. The average molecular weight is 213 g/mol. The summed E-state index contributed by atoms with van der Waals surface area (Å²) in [6.45, 7) is 3.88. The molecule has 0 bridgehead atoms. The third kappa shape index (κ3) is 1.97. The third-order valence-corrected chi connectivity index (χ3v) is 3.97. The summed E-state index contributed by atoms with van der Waals surface area (Å²) in [5, 5.41) is 10.2. The minimum atomic E-state index is 0.197. The number of aliphatic hydroxyl groups is 1. The van der Waals surface area contributed by atoms with Crippen molar-refractivity contribution < 1.29 is 9.84 Å². The maximum atomic E-state index is 9.02. The van der Waals surface area contributed by atoms with E-state index in [9.17, 15) is 0 Å². The summed E-state index contributed by atoms with van der Waals surface area (Å²) in [4.78, 5) is 5.57. The predicted molar refractivity (Wildman–Crippen MR) is 55.8 cm³/mol. The maximum Gasteiger partial charge on any atom is 0.0982 e. The second-order valence-corrected chi connectivity index (χ2v) is 4.84. The highest BCUT2D eigenvalue weighted by Gasteiger charge is 2.21. The van der Waals surface area contributed by atoms with Crippen molar-refractivity contribution in [3.8, 4) is 0 Å². The lowest BCUT2D eigenvalue weighted by molar-refractivity contribution is 0.194. The van der Waals surface area contributed by atoms with Gasteiger partial charge >= 0.3 is 0 Å². The van der Waals surface area contributed by atoms with Gasteiger partial charge in [-0.05, 0) is 6.42 Å². The fraction of sp³-hybridized carbons (Fsp3) is 0.700. The van der Waals surface area contributed by atoms with Crippen molar-refractivity contribution in [1.82, 2.24) is 4.98 Å². The zero-order valence-electron chi connectivity index (χ0n) is 8.27. The molecule has 14 heavy (non-hydrogen) atoms. The van der Waals surface area contributed by atoms with Gasteiger partial charge in [-0.3, -0.25) is 0 Å². The Hall–Kier alpha value is -0.450. The molecule has 1 aromatic heterocycles. The lowest BCUT2D eigenvalue weighted by Gasteiger charge is -2.03. The van der Waals surface area contributed by atoms with Crippen molar-refractivity contribution in [2.45, 2.75) is 25.2 Å². The number of rotatable bonds is 3. The van der Waals surface area contributed by atoms with Crippen molar-refractivity contribution in [2.24, 2.45) is 0 Å². The Bertz CT molecular complexity index is 294. The second kappa shape index (κ2) is 4.38. The van der Waals surface area contributed by atoms with E-state index in [1.165, 1.54) is 4.88 Å².